The van der Waals surface area contributed by atoms with E-state index in [0.717, 1.165) is 11.3 Å². The van der Waals surface area contributed by atoms with Gasteiger partial charge in [0.25, 0.3) is 5.91 Å². The van der Waals surface area contributed by atoms with Crippen molar-refractivity contribution in [1.29, 1.82) is 0 Å². The molecule has 24 heavy (non-hydrogen) atoms. The largest absolute Gasteiger partial charge is 0.494 e. The first-order valence-corrected chi connectivity index (χ1v) is 8.41. The normalized spacial score (nSPS) is 11.6. The lowest BCUT2D eigenvalue weighted by molar-refractivity contribution is -0.128. The van der Waals surface area contributed by atoms with E-state index >= 15 is 0 Å². The molecule has 128 valence electrons. The number of amides is 1. The van der Waals surface area contributed by atoms with Gasteiger partial charge < -0.3 is 14.8 Å². The zero-order chi connectivity index (χ0) is 17.4. The molecule has 0 bridgehead atoms. The number of ether oxygens (including phenoxy) is 2. The monoisotopic (exact) mass is 347 g/mol. The van der Waals surface area contributed by atoms with Crippen LogP contribution in [0.3, 0.4) is 0 Å². The summed E-state index contributed by atoms with van der Waals surface area (Å²) in [5.74, 6) is 1.28. The molecule has 0 fully saturated rings. The van der Waals surface area contributed by atoms with Crippen LogP contribution in [-0.2, 0) is 11.3 Å². The standard InChI is InChI=1S/C19H22ClNO3/c1-3-18(24-16-10-8-15(20)9-11-16)19(22)21-13-14-6-5-7-17(12-14)23-4-2/h5-12,18H,3-4,13H2,1-2H3,(H,21,22). The maximum absolute atomic E-state index is 12.3. The Labute approximate surface area is 147 Å². The average Bonchev–Trinajstić information content (AvgIpc) is 2.60. The highest BCUT2D eigenvalue weighted by Crippen LogP contribution is 2.18. The van der Waals surface area contributed by atoms with Crippen molar-refractivity contribution < 1.29 is 14.3 Å². The highest BCUT2D eigenvalue weighted by Gasteiger charge is 2.18. The molecule has 0 spiro atoms. The van der Waals surface area contributed by atoms with E-state index in [9.17, 15) is 4.79 Å². The predicted molar refractivity (Wildman–Crippen MR) is 95.6 cm³/mol. The number of carbonyl (C=O) groups excluding carboxylic acids is 1. The zero-order valence-corrected chi connectivity index (χ0v) is 14.7. The Bertz CT molecular complexity index is 658. The molecular weight excluding hydrogens is 326 g/mol. The third-order valence-corrected chi connectivity index (χ3v) is 3.68. The molecule has 1 N–H and O–H groups in total. The summed E-state index contributed by atoms with van der Waals surface area (Å²) >= 11 is 5.85. The van der Waals surface area contributed by atoms with Crippen LogP contribution in [-0.4, -0.2) is 18.6 Å². The molecule has 0 saturated heterocycles. The minimum atomic E-state index is -0.541. The van der Waals surface area contributed by atoms with Crippen molar-refractivity contribution in [3.63, 3.8) is 0 Å². The first kappa shape index (κ1) is 18.1. The maximum atomic E-state index is 12.3. The second kappa shape index (κ2) is 9.18. The second-order valence-corrected chi connectivity index (χ2v) is 5.70. The summed E-state index contributed by atoms with van der Waals surface area (Å²) < 4.78 is 11.2. The topological polar surface area (TPSA) is 47.6 Å². The first-order chi connectivity index (χ1) is 11.6. The van der Waals surface area contributed by atoms with Crippen molar-refractivity contribution in [3.8, 4) is 11.5 Å². The van der Waals surface area contributed by atoms with Crippen molar-refractivity contribution in [3.05, 3.63) is 59.1 Å². The Hall–Kier alpha value is -2.20. The molecule has 1 unspecified atom stereocenters. The minimum absolute atomic E-state index is 0.144. The van der Waals surface area contributed by atoms with Gasteiger partial charge in [-0.1, -0.05) is 30.7 Å². The molecule has 2 aromatic rings. The Morgan fingerprint density at radius 1 is 1.12 bits per heavy atom. The summed E-state index contributed by atoms with van der Waals surface area (Å²) in [7, 11) is 0. The van der Waals surface area contributed by atoms with Crippen molar-refractivity contribution in [1.82, 2.24) is 5.32 Å². The van der Waals surface area contributed by atoms with Crippen LogP contribution in [0.4, 0.5) is 0 Å². The Morgan fingerprint density at radius 2 is 1.88 bits per heavy atom. The molecule has 0 aliphatic heterocycles. The highest BCUT2D eigenvalue weighted by molar-refractivity contribution is 6.30. The van der Waals surface area contributed by atoms with Gasteiger partial charge in [0.05, 0.1) is 6.61 Å². The Kier molecular flexibility index (Phi) is 6.94. The fourth-order valence-corrected chi connectivity index (χ4v) is 2.34. The Morgan fingerprint density at radius 3 is 2.54 bits per heavy atom. The van der Waals surface area contributed by atoms with Gasteiger partial charge in [-0.2, -0.15) is 0 Å². The lowest BCUT2D eigenvalue weighted by atomic mass is 10.2. The molecule has 4 nitrogen and oxygen atoms in total. The zero-order valence-electron chi connectivity index (χ0n) is 13.9. The van der Waals surface area contributed by atoms with E-state index < -0.39 is 6.10 Å². The van der Waals surface area contributed by atoms with Crippen LogP contribution in [0.25, 0.3) is 0 Å². The third kappa shape index (κ3) is 5.46. The number of halogens is 1. The molecule has 2 rings (SSSR count). The first-order valence-electron chi connectivity index (χ1n) is 8.04. The van der Waals surface area contributed by atoms with Crippen LogP contribution in [0.5, 0.6) is 11.5 Å². The predicted octanol–water partition coefficient (Wildman–Crippen LogP) is 4.21. The van der Waals surface area contributed by atoms with Crippen molar-refractivity contribution in [2.45, 2.75) is 32.9 Å². The fourth-order valence-electron chi connectivity index (χ4n) is 2.21. The molecule has 0 radical (unpaired) electrons. The van der Waals surface area contributed by atoms with Gasteiger partial charge in [-0.25, -0.2) is 0 Å². The van der Waals surface area contributed by atoms with E-state index in [1.807, 2.05) is 38.1 Å². The van der Waals surface area contributed by atoms with Crippen LogP contribution >= 0.6 is 11.6 Å². The second-order valence-electron chi connectivity index (χ2n) is 5.27. The quantitative estimate of drug-likeness (QED) is 0.778. The molecule has 5 heteroatoms. The summed E-state index contributed by atoms with van der Waals surface area (Å²) in [5, 5.41) is 3.54. The summed E-state index contributed by atoms with van der Waals surface area (Å²) in [4.78, 5) is 12.3. The van der Waals surface area contributed by atoms with E-state index in [2.05, 4.69) is 5.32 Å². The van der Waals surface area contributed by atoms with Crippen LogP contribution in [0.1, 0.15) is 25.8 Å². The van der Waals surface area contributed by atoms with Crippen LogP contribution in [0.2, 0.25) is 5.02 Å². The molecule has 0 aliphatic carbocycles. The van der Waals surface area contributed by atoms with Gasteiger partial charge in [0.15, 0.2) is 6.10 Å². The van der Waals surface area contributed by atoms with Crippen LogP contribution in [0.15, 0.2) is 48.5 Å². The summed E-state index contributed by atoms with van der Waals surface area (Å²) in [6.45, 7) is 4.90. The van der Waals surface area contributed by atoms with Gasteiger partial charge in [0, 0.05) is 11.6 Å². The van der Waals surface area contributed by atoms with Crippen molar-refractivity contribution >= 4 is 17.5 Å². The molecule has 1 amide bonds. The fraction of sp³-hybridized carbons (Fsp3) is 0.316. The summed E-state index contributed by atoms with van der Waals surface area (Å²) in [5.41, 5.74) is 0.982. The molecular formula is C19H22ClNO3. The van der Waals surface area contributed by atoms with Gasteiger partial charge in [-0.3, -0.25) is 4.79 Å². The third-order valence-electron chi connectivity index (χ3n) is 3.43. The van der Waals surface area contributed by atoms with E-state index in [-0.39, 0.29) is 5.91 Å². The molecule has 2 aromatic carbocycles. The van der Waals surface area contributed by atoms with Crippen molar-refractivity contribution in [2.24, 2.45) is 0 Å². The SMILES string of the molecule is CCOc1cccc(CNC(=O)C(CC)Oc2ccc(Cl)cc2)c1. The number of hydrogen-bond donors (Lipinski definition) is 1. The van der Waals surface area contributed by atoms with Crippen LogP contribution in [0, 0.1) is 0 Å². The number of hydrogen-bond acceptors (Lipinski definition) is 3. The molecule has 0 aromatic heterocycles. The van der Waals surface area contributed by atoms with E-state index in [1.165, 1.54) is 0 Å². The summed E-state index contributed by atoms with van der Waals surface area (Å²) in [6.07, 6.45) is 0.0363. The van der Waals surface area contributed by atoms with E-state index in [1.54, 1.807) is 24.3 Å². The Balaban J connectivity index is 1.91. The van der Waals surface area contributed by atoms with Gasteiger partial charge in [0.2, 0.25) is 0 Å². The lowest BCUT2D eigenvalue weighted by Gasteiger charge is -2.17. The molecule has 0 saturated carbocycles. The maximum Gasteiger partial charge on any atom is 0.261 e. The van der Waals surface area contributed by atoms with Gasteiger partial charge in [-0.15, -0.1) is 0 Å². The van der Waals surface area contributed by atoms with E-state index in [4.69, 9.17) is 21.1 Å². The van der Waals surface area contributed by atoms with E-state index in [0.29, 0.717) is 30.3 Å². The smallest absolute Gasteiger partial charge is 0.261 e. The van der Waals surface area contributed by atoms with Gasteiger partial charge >= 0.3 is 0 Å². The highest BCUT2D eigenvalue weighted by atomic mass is 35.5. The average molecular weight is 348 g/mol. The molecule has 0 heterocycles. The number of nitrogens with one attached hydrogen (secondary N) is 1. The van der Waals surface area contributed by atoms with Crippen molar-refractivity contribution in [2.75, 3.05) is 6.61 Å². The summed E-state index contributed by atoms with van der Waals surface area (Å²) in [6, 6.07) is 14.7. The number of rotatable bonds is 8. The minimum Gasteiger partial charge on any atom is -0.494 e. The van der Waals surface area contributed by atoms with Gasteiger partial charge in [-0.05, 0) is 55.3 Å². The lowest BCUT2D eigenvalue weighted by Crippen LogP contribution is -2.37. The number of benzene rings is 2. The van der Waals surface area contributed by atoms with Gasteiger partial charge in [0.1, 0.15) is 11.5 Å². The number of carbonyl (C=O) groups is 1. The molecule has 0 aliphatic rings. The molecule has 1 atom stereocenters. The van der Waals surface area contributed by atoms with Crippen LogP contribution < -0.4 is 14.8 Å².